The number of carbonyl (C=O) groups excluding carboxylic acids is 1. The van der Waals surface area contributed by atoms with Crippen LogP contribution in [0.25, 0.3) is 0 Å². The minimum Gasteiger partial charge on any atom is -0.339 e. The zero-order valence-electron chi connectivity index (χ0n) is 11.4. The highest BCUT2D eigenvalue weighted by atomic mass is 79.9. The molecule has 1 amide bonds. The summed E-state index contributed by atoms with van der Waals surface area (Å²) in [7, 11) is 0. The summed E-state index contributed by atoms with van der Waals surface area (Å²) >= 11 is 3.48. The third kappa shape index (κ3) is 2.86. The Kier molecular flexibility index (Phi) is 3.35. The fourth-order valence-corrected chi connectivity index (χ4v) is 4.50. The number of carbonyl (C=O) groups is 1. The van der Waals surface area contributed by atoms with Gasteiger partial charge in [-0.05, 0) is 36.5 Å². The van der Waals surface area contributed by atoms with Crippen molar-refractivity contribution in [2.24, 2.45) is 10.8 Å². The number of halogens is 1. The molecule has 2 nitrogen and oxygen atoms in total. The first-order chi connectivity index (χ1) is 7.70. The first kappa shape index (κ1) is 13.4. The number of alkyl halides is 1. The first-order valence-corrected chi connectivity index (χ1v) is 7.56. The molecule has 2 rings (SSSR count). The van der Waals surface area contributed by atoms with E-state index in [4.69, 9.17) is 0 Å². The van der Waals surface area contributed by atoms with Crippen molar-refractivity contribution < 1.29 is 4.79 Å². The van der Waals surface area contributed by atoms with Gasteiger partial charge in [-0.3, -0.25) is 4.79 Å². The number of rotatable bonds is 1. The molecule has 1 atom stereocenters. The molecule has 0 aromatic rings. The van der Waals surface area contributed by atoms with E-state index in [0.717, 1.165) is 25.8 Å². The maximum atomic E-state index is 12.1. The van der Waals surface area contributed by atoms with E-state index < -0.39 is 0 Å². The number of nitrogens with zero attached hydrogens (tertiary/aromatic N) is 1. The molecule has 17 heavy (non-hydrogen) atoms. The van der Waals surface area contributed by atoms with Crippen LogP contribution in [0.15, 0.2) is 0 Å². The molecule has 1 aliphatic carbocycles. The van der Waals surface area contributed by atoms with Crippen molar-refractivity contribution in [1.82, 2.24) is 4.90 Å². The van der Waals surface area contributed by atoms with Crippen molar-refractivity contribution in [3.05, 3.63) is 0 Å². The van der Waals surface area contributed by atoms with Gasteiger partial charge >= 0.3 is 0 Å². The lowest BCUT2D eigenvalue weighted by Crippen LogP contribution is -2.47. The highest BCUT2D eigenvalue weighted by Gasteiger charge is 2.44. The molecule has 1 saturated carbocycles. The van der Waals surface area contributed by atoms with Gasteiger partial charge in [0.1, 0.15) is 0 Å². The predicted octanol–water partition coefficient (Wildman–Crippen LogP) is 3.59. The number of hydrogen-bond donors (Lipinski definition) is 0. The normalized spacial score (nSPS) is 33.1. The molecule has 0 spiro atoms. The van der Waals surface area contributed by atoms with E-state index in [1.807, 2.05) is 0 Å². The number of amides is 1. The van der Waals surface area contributed by atoms with E-state index in [9.17, 15) is 4.79 Å². The van der Waals surface area contributed by atoms with Gasteiger partial charge in [0.2, 0.25) is 5.91 Å². The topological polar surface area (TPSA) is 20.3 Å². The quantitative estimate of drug-likeness (QED) is 0.678. The van der Waals surface area contributed by atoms with Crippen molar-refractivity contribution in [3.8, 4) is 0 Å². The van der Waals surface area contributed by atoms with Gasteiger partial charge in [0.15, 0.2) is 0 Å². The Balaban J connectivity index is 2.14. The summed E-state index contributed by atoms with van der Waals surface area (Å²) in [5.74, 6) is 0.309. The van der Waals surface area contributed by atoms with Crippen LogP contribution in [-0.2, 0) is 4.79 Å². The van der Waals surface area contributed by atoms with Crippen molar-refractivity contribution in [3.63, 3.8) is 0 Å². The molecule has 0 aromatic heterocycles. The van der Waals surface area contributed by atoms with E-state index in [-0.39, 0.29) is 4.83 Å². The first-order valence-electron chi connectivity index (χ1n) is 6.65. The summed E-state index contributed by atoms with van der Waals surface area (Å²) in [5, 5.41) is 0. The second-order valence-electron chi connectivity index (χ2n) is 7.36. The van der Waals surface area contributed by atoms with Gasteiger partial charge in [0.05, 0.1) is 4.83 Å². The van der Waals surface area contributed by atoms with Gasteiger partial charge in [0.25, 0.3) is 0 Å². The molecule has 0 aromatic carbocycles. The van der Waals surface area contributed by atoms with Crippen LogP contribution in [0.1, 0.15) is 53.4 Å². The van der Waals surface area contributed by atoms with Crippen LogP contribution >= 0.6 is 15.9 Å². The summed E-state index contributed by atoms with van der Waals surface area (Å²) in [4.78, 5) is 14.3. The summed E-state index contributed by atoms with van der Waals surface area (Å²) in [6.07, 6.45) is 4.54. The molecule has 2 aliphatic rings. The molecule has 0 N–H and O–H groups in total. The maximum Gasteiger partial charge on any atom is 0.236 e. The van der Waals surface area contributed by atoms with Crippen LogP contribution in [0.2, 0.25) is 0 Å². The van der Waals surface area contributed by atoms with Crippen molar-refractivity contribution in [2.45, 2.75) is 64.2 Å². The summed E-state index contributed by atoms with van der Waals surface area (Å²) in [6, 6.07) is 0.448. The largest absolute Gasteiger partial charge is 0.339 e. The van der Waals surface area contributed by atoms with Gasteiger partial charge in [-0.15, -0.1) is 0 Å². The van der Waals surface area contributed by atoms with Crippen LogP contribution < -0.4 is 0 Å². The fraction of sp³-hybridized carbons (Fsp3) is 0.929. The van der Waals surface area contributed by atoms with Crippen molar-refractivity contribution >= 4 is 21.8 Å². The lowest BCUT2D eigenvalue weighted by Gasteiger charge is -2.47. The van der Waals surface area contributed by atoms with Gasteiger partial charge < -0.3 is 4.90 Å². The average molecular weight is 302 g/mol. The Labute approximate surface area is 113 Å². The molecule has 3 heteroatoms. The van der Waals surface area contributed by atoms with E-state index in [1.165, 1.54) is 6.42 Å². The third-order valence-corrected chi connectivity index (χ3v) is 5.00. The summed E-state index contributed by atoms with van der Waals surface area (Å²) in [6.45, 7) is 10.3. The predicted molar refractivity (Wildman–Crippen MR) is 74.2 cm³/mol. The lowest BCUT2D eigenvalue weighted by atomic mass is 9.63. The van der Waals surface area contributed by atoms with Gasteiger partial charge in [-0.2, -0.15) is 0 Å². The molecule has 1 heterocycles. The molecular formula is C14H24BrNO. The molecule has 2 fully saturated rings. The zero-order chi connectivity index (χ0) is 12.8. The average Bonchev–Trinajstić information content (AvgIpc) is 2.42. The Morgan fingerprint density at radius 3 is 2.12 bits per heavy atom. The lowest BCUT2D eigenvalue weighted by molar-refractivity contribution is -0.131. The molecule has 1 aliphatic heterocycles. The summed E-state index contributed by atoms with van der Waals surface area (Å²) in [5.41, 5.74) is 0.716. The minimum absolute atomic E-state index is 0.0654. The van der Waals surface area contributed by atoms with E-state index in [0.29, 0.717) is 22.8 Å². The highest BCUT2D eigenvalue weighted by molar-refractivity contribution is 9.10. The van der Waals surface area contributed by atoms with Gasteiger partial charge in [0, 0.05) is 12.6 Å². The highest BCUT2D eigenvalue weighted by Crippen LogP contribution is 2.47. The molecule has 0 radical (unpaired) electrons. The number of likely N-dealkylation sites (tertiary alicyclic amines) is 1. The van der Waals surface area contributed by atoms with Crippen LogP contribution in [0.5, 0.6) is 0 Å². The van der Waals surface area contributed by atoms with Gasteiger partial charge in [-0.25, -0.2) is 0 Å². The van der Waals surface area contributed by atoms with Crippen LogP contribution in [-0.4, -0.2) is 28.2 Å². The number of hydrogen-bond acceptors (Lipinski definition) is 1. The van der Waals surface area contributed by atoms with Crippen LogP contribution in [0, 0.1) is 10.8 Å². The standard InChI is InChI=1S/C14H24BrNO/c1-13(2)7-10(8-14(3,4)9-13)16-6-5-11(15)12(16)17/h10-11H,5-9H2,1-4H3. The molecule has 0 bridgehead atoms. The van der Waals surface area contributed by atoms with E-state index in [1.54, 1.807) is 0 Å². The smallest absolute Gasteiger partial charge is 0.236 e. The van der Waals surface area contributed by atoms with Crippen LogP contribution in [0.4, 0.5) is 0 Å². The second-order valence-corrected chi connectivity index (χ2v) is 8.46. The Morgan fingerprint density at radius 1 is 1.18 bits per heavy atom. The maximum absolute atomic E-state index is 12.1. The fourth-order valence-electron chi connectivity index (χ4n) is 4.04. The Morgan fingerprint density at radius 2 is 1.71 bits per heavy atom. The Hall–Kier alpha value is -0.0500. The van der Waals surface area contributed by atoms with E-state index in [2.05, 4.69) is 48.5 Å². The second kappa shape index (κ2) is 4.25. The SMILES string of the molecule is CC1(C)CC(N2CCC(Br)C2=O)CC(C)(C)C1. The summed E-state index contributed by atoms with van der Waals surface area (Å²) < 4.78 is 0. The third-order valence-electron chi connectivity index (χ3n) is 4.15. The van der Waals surface area contributed by atoms with E-state index >= 15 is 0 Å². The molecular weight excluding hydrogens is 278 g/mol. The van der Waals surface area contributed by atoms with Crippen molar-refractivity contribution in [2.75, 3.05) is 6.54 Å². The van der Waals surface area contributed by atoms with Crippen LogP contribution in [0.3, 0.4) is 0 Å². The Bertz CT molecular complexity index is 308. The molecule has 1 saturated heterocycles. The molecule has 98 valence electrons. The van der Waals surface area contributed by atoms with Gasteiger partial charge in [-0.1, -0.05) is 43.6 Å². The molecule has 1 unspecified atom stereocenters. The van der Waals surface area contributed by atoms with Crippen molar-refractivity contribution in [1.29, 1.82) is 0 Å². The monoisotopic (exact) mass is 301 g/mol. The zero-order valence-corrected chi connectivity index (χ0v) is 13.0. The minimum atomic E-state index is 0.0654.